The summed E-state index contributed by atoms with van der Waals surface area (Å²) in [5.41, 5.74) is 0. The highest BCUT2D eigenvalue weighted by Crippen LogP contribution is 2.35. The minimum Gasteiger partial charge on any atom is -0.454 e. The van der Waals surface area contributed by atoms with Crippen molar-refractivity contribution >= 4 is 20.2 Å². The second kappa shape index (κ2) is 21.8. The predicted octanol–water partition coefficient (Wildman–Crippen LogP) is 10.7. The fourth-order valence-electron chi connectivity index (χ4n) is 5.49. The summed E-state index contributed by atoms with van der Waals surface area (Å²) in [6.45, 7) is 8.40. The van der Waals surface area contributed by atoms with Gasteiger partial charge >= 0.3 is 20.2 Å². The molecule has 2 unspecified atom stereocenters. The van der Waals surface area contributed by atoms with Gasteiger partial charge in [-0.05, 0) is 49.9 Å². The average Bonchev–Trinajstić information content (AvgIpc) is 3.01. The van der Waals surface area contributed by atoms with Crippen LogP contribution in [-0.4, -0.2) is 29.0 Å². The topological polar surface area (TPSA) is 96.0 Å². The highest BCUT2D eigenvalue weighted by molar-refractivity contribution is 7.87. The summed E-state index contributed by atoms with van der Waals surface area (Å²) in [5, 5.41) is 0. The van der Waals surface area contributed by atoms with Crippen molar-refractivity contribution in [3.63, 3.8) is 0 Å². The summed E-state index contributed by atoms with van der Waals surface area (Å²) in [4.78, 5) is -0.261. The second-order valence-electron chi connectivity index (χ2n) is 12.0. The Balaban J connectivity index is 2.19. The lowest BCUT2D eigenvalue weighted by molar-refractivity contribution is 0.182. The zero-order valence-corrected chi connectivity index (χ0v) is 29.8. The van der Waals surface area contributed by atoms with Gasteiger partial charge in [-0.1, -0.05) is 142 Å². The maximum absolute atomic E-state index is 13.5. The minimum atomic E-state index is -4.18. The fraction of sp³-hybridized carbons (Fsp3) is 0.667. The number of ether oxygens (including phenoxy) is 1. The molecule has 0 fully saturated rings. The van der Waals surface area contributed by atoms with Crippen molar-refractivity contribution < 1.29 is 29.9 Å². The maximum atomic E-state index is 13.5. The van der Waals surface area contributed by atoms with Crippen molar-refractivity contribution in [3.05, 3.63) is 48.5 Å². The number of hydrogen-bond acceptors (Lipinski definition) is 7. The lowest BCUT2D eigenvalue weighted by Crippen LogP contribution is -2.20. The molecule has 0 radical (unpaired) electrons. The van der Waals surface area contributed by atoms with Crippen LogP contribution in [0.2, 0.25) is 0 Å². The van der Waals surface area contributed by atoms with E-state index < -0.39 is 32.4 Å². The van der Waals surface area contributed by atoms with Crippen molar-refractivity contribution in [3.8, 4) is 11.5 Å². The van der Waals surface area contributed by atoms with Crippen LogP contribution in [-0.2, 0) is 28.6 Å². The molecule has 9 heteroatoms. The molecule has 2 aromatic carbocycles. The van der Waals surface area contributed by atoms with Crippen molar-refractivity contribution in [2.45, 2.75) is 165 Å². The molecule has 0 aromatic heterocycles. The lowest BCUT2D eigenvalue weighted by Gasteiger charge is -2.20. The predicted molar refractivity (Wildman–Crippen MR) is 183 cm³/mol. The average molecular weight is 667 g/mol. The highest BCUT2D eigenvalue weighted by atomic mass is 32.2. The van der Waals surface area contributed by atoms with Gasteiger partial charge < -0.3 is 4.74 Å². The van der Waals surface area contributed by atoms with E-state index >= 15 is 0 Å². The Kier molecular flexibility index (Phi) is 19.0. The Morgan fingerprint density at radius 2 is 0.822 bits per heavy atom. The second-order valence-corrected chi connectivity index (χ2v) is 15.1. The Morgan fingerprint density at radius 3 is 1.20 bits per heavy atom. The van der Waals surface area contributed by atoms with Crippen LogP contribution in [0, 0.1) is 0 Å². The Labute approximate surface area is 274 Å². The first-order valence-electron chi connectivity index (χ1n) is 17.4. The van der Waals surface area contributed by atoms with E-state index in [1.807, 2.05) is 13.8 Å². The summed E-state index contributed by atoms with van der Waals surface area (Å²) in [6, 6.07) is 12.4. The Hall–Kier alpha value is -1.94. The van der Waals surface area contributed by atoms with Gasteiger partial charge in [0, 0.05) is 0 Å². The standard InChI is InChI=1S/C36H58O7S2/c1-5-9-11-13-15-17-25-31(23-7-3)42-44(37,38)35-29-21-19-27-33(35)41-34-28-20-22-30-36(34)45(39,40)43-32(24-8-4)26-18-16-14-12-10-6-2/h19-22,27-32H,5-18,23-26H2,1-4H3. The summed E-state index contributed by atoms with van der Waals surface area (Å²) in [6.07, 6.45) is 16.7. The van der Waals surface area contributed by atoms with E-state index in [-0.39, 0.29) is 21.3 Å². The highest BCUT2D eigenvalue weighted by Gasteiger charge is 2.28. The molecule has 0 saturated heterocycles. The molecule has 0 spiro atoms. The summed E-state index contributed by atoms with van der Waals surface area (Å²) in [7, 11) is -8.37. The molecule has 0 bridgehead atoms. The molecule has 0 saturated carbocycles. The van der Waals surface area contributed by atoms with E-state index in [9.17, 15) is 16.8 Å². The van der Waals surface area contributed by atoms with Crippen molar-refractivity contribution in [1.82, 2.24) is 0 Å². The van der Waals surface area contributed by atoms with E-state index in [0.717, 1.165) is 51.4 Å². The van der Waals surface area contributed by atoms with Crippen LogP contribution < -0.4 is 4.74 Å². The van der Waals surface area contributed by atoms with Gasteiger partial charge in [0.05, 0.1) is 12.2 Å². The van der Waals surface area contributed by atoms with Crippen LogP contribution in [0.1, 0.15) is 143 Å². The fourth-order valence-corrected chi connectivity index (χ4v) is 8.00. The molecule has 256 valence electrons. The molecule has 0 N–H and O–H groups in total. The number of rotatable bonds is 26. The molecule has 0 amide bonds. The molecule has 0 heterocycles. The van der Waals surface area contributed by atoms with Gasteiger partial charge in [0.1, 0.15) is 21.3 Å². The third-order valence-electron chi connectivity index (χ3n) is 7.96. The van der Waals surface area contributed by atoms with Crippen LogP contribution in [0.25, 0.3) is 0 Å². The normalized spacial score (nSPS) is 13.5. The molecule has 2 aromatic rings. The van der Waals surface area contributed by atoms with Crippen LogP contribution in [0.15, 0.2) is 58.3 Å². The zero-order valence-electron chi connectivity index (χ0n) is 28.2. The summed E-state index contributed by atoms with van der Waals surface area (Å²) < 4.78 is 71.7. The smallest absolute Gasteiger partial charge is 0.300 e. The summed E-state index contributed by atoms with van der Waals surface area (Å²) in [5.74, 6) is 0.0132. The number of para-hydroxylation sites is 2. The molecule has 2 rings (SSSR count). The van der Waals surface area contributed by atoms with Gasteiger partial charge in [0.2, 0.25) is 0 Å². The summed E-state index contributed by atoms with van der Waals surface area (Å²) >= 11 is 0. The number of unbranched alkanes of at least 4 members (excludes halogenated alkanes) is 10. The van der Waals surface area contributed by atoms with Gasteiger partial charge in [-0.2, -0.15) is 16.8 Å². The van der Waals surface area contributed by atoms with Crippen LogP contribution in [0.3, 0.4) is 0 Å². The van der Waals surface area contributed by atoms with Crippen LogP contribution >= 0.6 is 0 Å². The quantitative estimate of drug-likeness (QED) is 0.0728. The van der Waals surface area contributed by atoms with E-state index in [2.05, 4.69) is 13.8 Å². The van der Waals surface area contributed by atoms with Crippen LogP contribution in [0.4, 0.5) is 0 Å². The van der Waals surface area contributed by atoms with Crippen molar-refractivity contribution in [2.24, 2.45) is 0 Å². The number of benzene rings is 2. The monoisotopic (exact) mass is 666 g/mol. The SMILES string of the molecule is CCCCCCCCC(CCC)OS(=O)(=O)c1ccccc1Oc1ccccc1S(=O)(=O)OC(CCC)CCCCCCCC. The van der Waals surface area contributed by atoms with Gasteiger partial charge in [-0.3, -0.25) is 8.37 Å². The van der Waals surface area contributed by atoms with Gasteiger partial charge in [-0.15, -0.1) is 0 Å². The molecule has 45 heavy (non-hydrogen) atoms. The molecule has 7 nitrogen and oxygen atoms in total. The molecular formula is C36H58O7S2. The van der Waals surface area contributed by atoms with Crippen molar-refractivity contribution in [2.75, 3.05) is 0 Å². The zero-order chi connectivity index (χ0) is 33.0. The first-order valence-corrected chi connectivity index (χ1v) is 20.2. The Bertz CT molecular complexity index is 1190. The third-order valence-corrected chi connectivity index (χ3v) is 10.8. The van der Waals surface area contributed by atoms with Gasteiger partial charge in [-0.25, -0.2) is 0 Å². The largest absolute Gasteiger partial charge is 0.454 e. The Morgan fingerprint density at radius 1 is 0.467 bits per heavy atom. The third kappa shape index (κ3) is 14.6. The molecular weight excluding hydrogens is 609 g/mol. The van der Waals surface area contributed by atoms with Gasteiger partial charge in [0.25, 0.3) is 0 Å². The molecule has 0 aliphatic carbocycles. The molecule has 2 atom stereocenters. The molecule has 0 aliphatic rings. The maximum Gasteiger partial charge on any atom is 0.300 e. The number of hydrogen-bond donors (Lipinski definition) is 0. The van der Waals surface area contributed by atoms with E-state index in [0.29, 0.717) is 25.7 Å². The van der Waals surface area contributed by atoms with E-state index in [1.165, 1.54) is 62.8 Å². The first-order chi connectivity index (χ1) is 21.7. The van der Waals surface area contributed by atoms with Gasteiger partial charge in [0.15, 0.2) is 0 Å². The molecule has 0 aliphatic heterocycles. The minimum absolute atomic E-state index is 0.00662. The first kappa shape index (κ1) is 39.2. The van der Waals surface area contributed by atoms with E-state index in [4.69, 9.17) is 13.1 Å². The van der Waals surface area contributed by atoms with E-state index in [1.54, 1.807) is 24.3 Å². The lowest BCUT2D eigenvalue weighted by atomic mass is 10.0. The van der Waals surface area contributed by atoms with Crippen molar-refractivity contribution in [1.29, 1.82) is 0 Å². The van der Waals surface area contributed by atoms with Crippen LogP contribution in [0.5, 0.6) is 11.5 Å².